The maximum atomic E-state index is 12.8. The maximum Gasteiger partial charge on any atom is 0.347 e. The SMILES string of the molecule is O=c1oc2ccc3ccccc3c2cc1-c1cc2oc(-c3cc4c(ccc5ccccc54)oc3=O)cc2o1. The number of hydrogen-bond donors (Lipinski definition) is 0. The third-order valence-electron chi connectivity index (χ3n) is 7.02. The van der Waals surface area contributed by atoms with E-state index in [1.807, 2.05) is 60.7 Å². The molecule has 0 amide bonds. The molecule has 0 atom stereocenters. The normalized spacial score (nSPS) is 11.9. The van der Waals surface area contributed by atoms with Gasteiger partial charge in [0, 0.05) is 22.9 Å². The molecule has 0 saturated heterocycles. The molecule has 0 N–H and O–H groups in total. The quantitative estimate of drug-likeness (QED) is 0.179. The summed E-state index contributed by atoms with van der Waals surface area (Å²) in [6.45, 7) is 0. The molecule has 0 aliphatic carbocycles. The van der Waals surface area contributed by atoms with Crippen LogP contribution in [0.15, 0.2) is 124 Å². The molecule has 4 heterocycles. The first-order chi connectivity index (χ1) is 18.6. The second-order valence-electron chi connectivity index (χ2n) is 9.24. The highest BCUT2D eigenvalue weighted by atomic mass is 16.4. The van der Waals surface area contributed by atoms with E-state index < -0.39 is 11.3 Å². The van der Waals surface area contributed by atoms with E-state index >= 15 is 0 Å². The van der Waals surface area contributed by atoms with Crippen molar-refractivity contribution in [3.63, 3.8) is 0 Å². The maximum absolute atomic E-state index is 12.8. The monoisotopic (exact) mass is 496 g/mol. The Morgan fingerprint density at radius 2 is 0.842 bits per heavy atom. The lowest BCUT2D eigenvalue weighted by Crippen LogP contribution is -2.02. The average Bonchev–Trinajstić information content (AvgIpc) is 3.51. The van der Waals surface area contributed by atoms with Crippen molar-refractivity contribution in [3.8, 4) is 22.6 Å². The summed E-state index contributed by atoms with van der Waals surface area (Å²) in [5.74, 6) is 0.649. The van der Waals surface area contributed by atoms with Crippen LogP contribution in [0.2, 0.25) is 0 Å². The van der Waals surface area contributed by atoms with E-state index in [1.54, 1.807) is 36.4 Å². The van der Waals surface area contributed by atoms with Crippen molar-refractivity contribution in [3.05, 3.63) is 118 Å². The van der Waals surface area contributed by atoms with Gasteiger partial charge >= 0.3 is 11.3 Å². The molecular formula is C32H16O6. The third kappa shape index (κ3) is 3.01. The van der Waals surface area contributed by atoms with Crippen LogP contribution in [0, 0.1) is 0 Å². The Morgan fingerprint density at radius 1 is 0.395 bits per heavy atom. The van der Waals surface area contributed by atoms with Gasteiger partial charge in [0.2, 0.25) is 0 Å². The van der Waals surface area contributed by atoms with Crippen LogP contribution in [-0.4, -0.2) is 0 Å². The summed E-state index contributed by atoms with van der Waals surface area (Å²) in [6.07, 6.45) is 0. The highest BCUT2D eigenvalue weighted by molar-refractivity contribution is 6.07. The predicted octanol–water partition coefficient (Wildman–Crippen LogP) is 7.88. The van der Waals surface area contributed by atoms with Gasteiger partial charge in [-0.3, -0.25) is 0 Å². The van der Waals surface area contributed by atoms with Gasteiger partial charge in [0.25, 0.3) is 0 Å². The van der Waals surface area contributed by atoms with Crippen LogP contribution in [0.3, 0.4) is 0 Å². The first-order valence-corrected chi connectivity index (χ1v) is 12.1. The zero-order valence-corrected chi connectivity index (χ0v) is 19.7. The second kappa shape index (κ2) is 7.57. The Labute approximate surface area is 212 Å². The number of furan rings is 2. The standard InChI is InChI=1S/C32H16O6/c33-31-23(13-21-19-7-3-1-5-17(19)9-11-25(21)37-31)27-15-29-30(35-27)16-28(36-29)24-14-22-20-8-4-2-6-18(20)10-12-26(22)38-32(24)34/h1-16H. The van der Waals surface area contributed by atoms with E-state index in [0.29, 0.717) is 45.0 Å². The molecule has 0 radical (unpaired) electrons. The van der Waals surface area contributed by atoms with E-state index in [1.165, 1.54) is 0 Å². The van der Waals surface area contributed by atoms with Crippen LogP contribution in [0.4, 0.5) is 0 Å². The van der Waals surface area contributed by atoms with Gasteiger partial charge in [0.05, 0.1) is 0 Å². The minimum absolute atomic E-state index is 0.290. The van der Waals surface area contributed by atoms with Gasteiger partial charge in [-0.1, -0.05) is 60.7 Å². The van der Waals surface area contributed by atoms with Crippen LogP contribution < -0.4 is 11.3 Å². The van der Waals surface area contributed by atoms with Gasteiger partial charge in [-0.05, 0) is 45.8 Å². The summed E-state index contributed by atoms with van der Waals surface area (Å²) in [4.78, 5) is 25.6. The van der Waals surface area contributed by atoms with Gasteiger partial charge < -0.3 is 17.7 Å². The fourth-order valence-corrected chi connectivity index (χ4v) is 5.19. The lowest BCUT2D eigenvalue weighted by molar-refractivity contribution is 0.555. The minimum atomic E-state index is -0.508. The number of hydrogen-bond acceptors (Lipinski definition) is 6. The molecule has 0 aliphatic rings. The topological polar surface area (TPSA) is 86.7 Å². The summed E-state index contributed by atoms with van der Waals surface area (Å²) >= 11 is 0. The summed E-state index contributed by atoms with van der Waals surface area (Å²) in [7, 11) is 0. The van der Waals surface area contributed by atoms with Crippen molar-refractivity contribution >= 4 is 54.6 Å². The first kappa shape index (κ1) is 20.8. The van der Waals surface area contributed by atoms with Gasteiger partial charge in [-0.2, -0.15) is 0 Å². The van der Waals surface area contributed by atoms with Crippen molar-refractivity contribution < 1.29 is 17.7 Å². The molecule has 8 aromatic rings. The highest BCUT2D eigenvalue weighted by Gasteiger charge is 2.19. The zero-order valence-electron chi connectivity index (χ0n) is 19.7. The summed E-state index contributed by atoms with van der Waals surface area (Å²) in [6, 6.07) is 30.1. The predicted molar refractivity (Wildman–Crippen MR) is 146 cm³/mol. The van der Waals surface area contributed by atoms with E-state index in [-0.39, 0.29) is 0 Å². The number of rotatable bonds is 2. The molecule has 0 saturated carbocycles. The van der Waals surface area contributed by atoms with Crippen LogP contribution >= 0.6 is 0 Å². The van der Waals surface area contributed by atoms with E-state index in [4.69, 9.17) is 17.7 Å². The Balaban J connectivity index is 1.27. The van der Waals surface area contributed by atoms with Crippen molar-refractivity contribution in [2.24, 2.45) is 0 Å². The van der Waals surface area contributed by atoms with E-state index in [2.05, 4.69) is 0 Å². The summed E-state index contributed by atoms with van der Waals surface area (Å²) in [5.41, 5.74) is 1.39. The molecule has 8 rings (SSSR count). The van der Waals surface area contributed by atoms with Gasteiger partial charge in [0.1, 0.15) is 33.8 Å². The number of benzene rings is 4. The molecule has 4 aromatic carbocycles. The average molecular weight is 496 g/mol. The van der Waals surface area contributed by atoms with E-state index in [0.717, 1.165) is 32.3 Å². The smallest absolute Gasteiger partial charge is 0.347 e. The Hall–Kier alpha value is -5.36. The lowest BCUT2D eigenvalue weighted by atomic mass is 10.0. The fraction of sp³-hybridized carbons (Fsp3) is 0. The summed E-state index contributed by atoms with van der Waals surface area (Å²) in [5, 5.41) is 5.66. The van der Waals surface area contributed by atoms with Crippen LogP contribution in [-0.2, 0) is 0 Å². The fourth-order valence-electron chi connectivity index (χ4n) is 5.19. The lowest BCUT2D eigenvalue weighted by Gasteiger charge is -2.04. The second-order valence-corrected chi connectivity index (χ2v) is 9.24. The van der Waals surface area contributed by atoms with Crippen LogP contribution in [0.1, 0.15) is 0 Å². The molecule has 0 bridgehead atoms. The van der Waals surface area contributed by atoms with Crippen LogP contribution in [0.25, 0.3) is 77.3 Å². The Bertz CT molecular complexity index is 2150. The Morgan fingerprint density at radius 3 is 1.32 bits per heavy atom. The zero-order chi connectivity index (χ0) is 25.4. The van der Waals surface area contributed by atoms with Crippen molar-refractivity contribution in [2.45, 2.75) is 0 Å². The Kier molecular flexibility index (Phi) is 4.14. The van der Waals surface area contributed by atoms with Crippen molar-refractivity contribution in [1.29, 1.82) is 0 Å². The molecule has 6 heteroatoms. The number of fused-ring (bicyclic) bond motifs is 7. The third-order valence-corrected chi connectivity index (χ3v) is 7.02. The molecular weight excluding hydrogens is 480 g/mol. The molecule has 4 aromatic heterocycles. The van der Waals surface area contributed by atoms with Gasteiger partial charge in [-0.15, -0.1) is 0 Å². The van der Waals surface area contributed by atoms with Gasteiger partial charge in [0.15, 0.2) is 11.2 Å². The van der Waals surface area contributed by atoms with Crippen LogP contribution in [0.5, 0.6) is 0 Å². The molecule has 38 heavy (non-hydrogen) atoms. The van der Waals surface area contributed by atoms with Crippen molar-refractivity contribution in [1.82, 2.24) is 0 Å². The molecule has 0 aliphatic heterocycles. The summed E-state index contributed by atoms with van der Waals surface area (Å²) < 4.78 is 23.2. The minimum Gasteiger partial charge on any atom is -0.452 e. The molecule has 6 nitrogen and oxygen atoms in total. The first-order valence-electron chi connectivity index (χ1n) is 12.1. The van der Waals surface area contributed by atoms with E-state index in [9.17, 15) is 9.59 Å². The van der Waals surface area contributed by atoms with Crippen molar-refractivity contribution in [2.75, 3.05) is 0 Å². The molecule has 0 spiro atoms. The highest BCUT2D eigenvalue weighted by Crippen LogP contribution is 2.35. The molecule has 0 unspecified atom stereocenters. The van der Waals surface area contributed by atoms with Gasteiger partial charge in [-0.25, -0.2) is 9.59 Å². The largest absolute Gasteiger partial charge is 0.452 e. The molecule has 180 valence electrons. The molecule has 0 fully saturated rings.